The number of rotatable bonds is 4. The Morgan fingerprint density at radius 1 is 0.947 bits per heavy atom. The molecule has 0 saturated heterocycles. The van der Waals surface area contributed by atoms with Crippen molar-refractivity contribution in [2.24, 2.45) is 0 Å². The van der Waals surface area contributed by atoms with Gasteiger partial charge in [0, 0.05) is 0 Å². The Labute approximate surface area is 115 Å². The average Bonchev–Trinajstić information content (AvgIpc) is 2.41. The minimum absolute atomic E-state index is 0.546. The van der Waals surface area contributed by atoms with Crippen LogP contribution in [0.5, 0.6) is 0 Å². The Morgan fingerprint density at radius 3 is 1.58 bits per heavy atom. The van der Waals surface area contributed by atoms with Crippen LogP contribution in [0.15, 0.2) is 72.8 Å². The normalized spacial score (nSPS) is 13.0. The van der Waals surface area contributed by atoms with Gasteiger partial charge in [-0.1, -0.05) is 72.8 Å². The third kappa shape index (κ3) is 2.22. The van der Waals surface area contributed by atoms with E-state index in [1.807, 2.05) is 50.2 Å². The largest absolute Gasteiger partial charge is 0.392 e. The molecular weight excluding hydrogens is 232 g/mol. The first kappa shape index (κ1) is 13.6. The van der Waals surface area contributed by atoms with Crippen molar-refractivity contribution in [2.45, 2.75) is 25.4 Å². The van der Waals surface area contributed by atoms with Gasteiger partial charge in [0.25, 0.3) is 0 Å². The van der Waals surface area contributed by atoms with E-state index in [0.717, 1.165) is 16.7 Å². The molecule has 0 bridgehead atoms. The lowest BCUT2D eigenvalue weighted by molar-refractivity contribution is 0.138. The van der Waals surface area contributed by atoms with E-state index in [2.05, 4.69) is 30.8 Å². The SMILES string of the molecule is C=C(C)C(c1ccccc1)(c1ccccc1)C(C)O. The molecule has 2 rings (SSSR count). The zero-order valence-electron chi connectivity index (χ0n) is 11.5. The van der Waals surface area contributed by atoms with Gasteiger partial charge in [0.05, 0.1) is 11.5 Å². The summed E-state index contributed by atoms with van der Waals surface area (Å²) in [6.07, 6.45) is -0.546. The molecule has 2 aromatic carbocycles. The molecule has 98 valence electrons. The molecule has 0 aromatic heterocycles. The molecule has 1 nitrogen and oxygen atoms in total. The van der Waals surface area contributed by atoms with Gasteiger partial charge < -0.3 is 5.11 Å². The summed E-state index contributed by atoms with van der Waals surface area (Å²) in [5.41, 5.74) is 2.54. The highest BCUT2D eigenvalue weighted by molar-refractivity contribution is 5.48. The summed E-state index contributed by atoms with van der Waals surface area (Å²) in [6, 6.07) is 20.2. The molecule has 0 spiro atoms. The van der Waals surface area contributed by atoms with E-state index >= 15 is 0 Å². The molecule has 1 heteroatoms. The number of hydrogen-bond acceptors (Lipinski definition) is 1. The maximum atomic E-state index is 10.5. The average molecular weight is 252 g/mol. The van der Waals surface area contributed by atoms with Gasteiger partial charge in [-0.05, 0) is 25.0 Å². The molecule has 2 aromatic rings. The molecule has 1 atom stereocenters. The molecule has 1 unspecified atom stereocenters. The highest BCUT2D eigenvalue weighted by Gasteiger charge is 2.39. The molecule has 1 N–H and O–H groups in total. The molecule has 0 aliphatic heterocycles. The smallest absolute Gasteiger partial charge is 0.0686 e. The van der Waals surface area contributed by atoms with Gasteiger partial charge in [-0.2, -0.15) is 0 Å². The van der Waals surface area contributed by atoms with Crippen molar-refractivity contribution in [3.63, 3.8) is 0 Å². The van der Waals surface area contributed by atoms with Gasteiger partial charge in [0.1, 0.15) is 0 Å². The van der Waals surface area contributed by atoms with Gasteiger partial charge in [-0.25, -0.2) is 0 Å². The van der Waals surface area contributed by atoms with Crippen molar-refractivity contribution in [1.29, 1.82) is 0 Å². The van der Waals surface area contributed by atoms with Crippen molar-refractivity contribution in [1.82, 2.24) is 0 Å². The highest BCUT2D eigenvalue weighted by Crippen LogP contribution is 2.41. The van der Waals surface area contributed by atoms with Crippen molar-refractivity contribution >= 4 is 0 Å². The summed E-state index contributed by atoms with van der Waals surface area (Å²) in [4.78, 5) is 0. The Morgan fingerprint density at radius 2 is 1.32 bits per heavy atom. The maximum absolute atomic E-state index is 10.5. The minimum Gasteiger partial charge on any atom is -0.392 e. The molecule has 0 saturated carbocycles. The van der Waals surface area contributed by atoms with Crippen LogP contribution in [0, 0.1) is 0 Å². The lowest BCUT2D eigenvalue weighted by Crippen LogP contribution is -2.40. The van der Waals surface area contributed by atoms with Crippen molar-refractivity contribution in [3.8, 4) is 0 Å². The minimum atomic E-state index is -0.553. The summed E-state index contributed by atoms with van der Waals surface area (Å²) in [6.45, 7) is 7.95. The summed E-state index contributed by atoms with van der Waals surface area (Å²) in [5.74, 6) is 0. The lowest BCUT2D eigenvalue weighted by atomic mass is 9.66. The number of benzene rings is 2. The third-order valence-electron chi connectivity index (χ3n) is 3.76. The van der Waals surface area contributed by atoms with E-state index in [-0.39, 0.29) is 0 Å². The molecule has 0 radical (unpaired) electrons. The fourth-order valence-electron chi connectivity index (χ4n) is 2.90. The van der Waals surface area contributed by atoms with E-state index in [9.17, 15) is 5.11 Å². The zero-order chi connectivity index (χ0) is 13.9. The number of hydrogen-bond donors (Lipinski definition) is 1. The van der Waals surface area contributed by atoms with Crippen LogP contribution in [-0.2, 0) is 5.41 Å². The van der Waals surface area contributed by atoms with Gasteiger partial charge in [0.2, 0.25) is 0 Å². The standard InChI is InChI=1S/C18H20O/c1-14(2)18(15(3)19,16-10-6-4-7-11-16)17-12-8-5-9-13-17/h4-13,15,19H,1H2,2-3H3. The Hall–Kier alpha value is -1.86. The molecule has 0 fully saturated rings. The van der Waals surface area contributed by atoms with Crippen LogP contribution in [-0.4, -0.2) is 11.2 Å². The van der Waals surface area contributed by atoms with Crippen molar-refractivity contribution < 1.29 is 5.11 Å². The van der Waals surface area contributed by atoms with Gasteiger partial charge >= 0.3 is 0 Å². The molecule has 0 amide bonds. The van der Waals surface area contributed by atoms with E-state index in [0.29, 0.717) is 0 Å². The molecule has 0 aliphatic carbocycles. The summed E-state index contributed by atoms with van der Waals surface area (Å²) in [5, 5.41) is 10.5. The molecule has 0 heterocycles. The third-order valence-corrected chi connectivity index (χ3v) is 3.76. The quantitative estimate of drug-likeness (QED) is 0.817. The maximum Gasteiger partial charge on any atom is 0.0686 e. The van der Waals surface area contributed by atoms with Gasteiger partial charge in [-0.3, -0.25) is 0 Å². The van der Waals surface area contributed by atoms with Crippen molar-refractivity contribution in [2.75, 3.05) is 0 Å². The van der Waals surface area contributed by atoms with E-state index < -0.39 is 11.5 Å². The Bertz CT molecular complexity index is 501. The predicted molar refractivity (Wildman–Crippen MR) is 80.2 cm³/mol. The highest BCUT2D eigenvalue weighted by atomic mass is 16.3. The second-order valence-electron chi connectivity index (χ2n) is 5.00. The molecule has 0 aliphatic rings. The number of aliphatic hydroxyl groups is 1. The van der Waals surface area contributed by atoms with Crippen molar-refractivity contribution in [3.05, 3.63) is 83.9 Å². The Kier molecular flexibility index (Phi) is 3.87. The van der Waals surface area contributed by atoms with E-state index in [1.165, 1.54) is 0 Å². The van der Waals surface area contributed by atoms with Gasteiger partial charge in [0.15, 0.2) is 0 Å². The van der Waals surface area contributed by atoms with Crippen LogP contribution in [0.3, 0.4) is 0 Å². The van der Waals surface area contributed by atoms with Crippen LogP contribution < -0.4 is 0 Å². The number of aliphatic hydroxyl groups excluding tert-OH is 1. The van der Waals surface area contributed by atoms with Gasteiger partial charge in [-0.15, -0.1) is 0 Å². The summed E-state index contributed by atoms with van der Waals surface area (Å²) >= 11 is 0. The first-order valence-corrected chi connectivity index (χ1v) is 6.55. The van der Waals surface area contributed by atoms with Crippen LogP contribution in [0.25, 0.3) is 0 Å². The lowest BCUT2D eigenvalue weighted by Gasteiger charge is -2.38. The monoisotopic (exact) mass is 252 g/mol. The summed E-state index contributed by atoms with van der Waals surface area (Å²) in [7, 11) is 0. The topological polar surface area (TPSA) is 20.2 Å². The Balaban J connectivity index is 2.73. The van der Waals surface area contributed by atoms with Crippen LogP contribution in [0.4, 0.5) is 0 Å². The van der Waals surface area contributed by atoms with E-state index in [4.69, 9.17) is 0 Å². The second-order valence-corrected chi connectivity index (χ2v) is 5.00. The van der Waals surface area contributed by atoms with Crippen LogP contribution >= 0.6 is 0 Å². The predicted octanol–water partition coefficient (Wildman–Crippen LogP) is 3.93. The van der Waals surface area contributed by atoms with Crippen LogP contribution in [0.2, 0.25) is 0 Å². The van der Waals surface area contributed by atoms with E-state index in [1.54, 1.807) is 0 Å². The zero-order valence-corrected chi connectivity index (χ0v) is 11.5. The summed E-state index contributed by atoms with van der Waals surface area (Å²) < 4.78 is 0. The van der Waals surface area contributed by atoms with Crippen LogP contribution in [0.1, 0.15) is 25.0 Å². The molecular formula is C18H20O. The fraction of sp³-hybridized carbons (Fsp3) is 0.222. The first-order valence-electron chi connectivity index (χ1n) is 6.55. The second kappa shape index (κ2) is 5.41. The fourth-order valence-corrected chi connectivity index (χ4v) is 2.90. The molecule has 19 heavy (non-hydrogen) atoms. The first-order chi connectivity index (χ1) is 9.10.